The van der Waals surface area contributed by atoms with E-state index >= 15 is 0 Å². The van der Waals surface area contributed by atoms with Crippen molar-refractivity contribution in [2.24, 2.45) is 0 Å². The largest absolute Gasteiger partial charge is 0.467 e. The summed E-state index contributed by atoms with van der Waals surface area (Å²) in [7, 11) is 12.4. The first-order valence-corrected chi connectivity index (χ1v) is 29.4. The van der Waals surface area contributed by atoms with Crippen molar-refractivity contribution in [3.05, 3.63) is 190 Å². The zero-order valence-corrected chi connectivity index (χ0v) is 54.0. The number of benzene rings is 8. The van der Waals surface area contributed by atoms with Gasteiger partial charge >= 0.3 is 0 Å². The Labute approximate surface area is 559 Å². The quantitative estimate of drug-likeness (QED) is 0.0417. The average molecular weight is 1280 g/mol. The van der Waals surface area contributed by atoms with Crippen LogP contribution in [-0.4, -0.2) is 111 Å². The van der Waals surface area contributed by atoms with Crippen LogP contribution in [0.3, 0.4) is 0 Å². The Hall–Kier alpha value is -11.7. The first kappa shape index (κ1) is 68.7. The van der Waals surface area contributed by atoms with Gasteiger partial charge in [0.05, 0.1) is 0 Å². The second-order valence-electron chi connectivity index (χ2n) is 20.1. The van der Waals surface area contributed by atoms with Crippen LogP contribution in [0.2, 0.25) is 0 Å². The second kappa shape index (κ2) is 36.5. The lowest BCUT2D eigenvalue weighted by molar-refractivity contribution is 0.0500. The fourth-order valence-corrected chi connectivity index (χ4v) is 9.36. The van der Waals surface area contributed by atoms with Crippen molar-refractivity contribution < 1.29 is 75.8 Å². The minimum atomic E-state index is -0.0264. The molecule has 0 radical (unpaired) electrons. The van der Waals surface area contributed by atoms with Gasteiger partial charge in [-0.25, -0.2) is 0 Å². The first-order valence-electron chi connectivity index (χ1n) is 29.4. The van der Waals surface area contributed by atoms with Crippen LogP contribution < -0.4 is 37.9 Å². The summed E-state index contributed by atoms with van der Waals surface area (Å²) in [6, 6.07) is 44.2. The molecule has 0 N–H and O–H groups in total. The van der Waals surface area contributed by atoms with Crippen LogP contribution in [0.5, 0.6) is 46.0 Å². The zero-order chi connectivity index (χ0) is 67.1. The van der Waals surface area contributed by atoms with E-state index in [1.807, 2.05) is 146 Å². The highest BCUT2D eigenvalue weighted by Gasteiger charge is 2.19. The van der Waals surface area contributed by atoms with Crippen molar-refractivity contribution in [1.82, 2.24) is 0 Å². The number of fused-ring (bicyclic) bond motifs is 20. The molecular weight excluding hydrogens is 1220 g/mol. The topological polar surface area (TPSA) is 148 Å². The van der Waals surface area contributed by atoms with Gasteiger partial charge in [0.1, 0.15) is 46.0 Å². The molecular formula is C80H64O16. The predicted molar refractivity (Wildman–Crippen MR) is 363 cm³/mol. The summed E-state index contributed by atoms with van der Waals surface area (Å²) < 4.78 is 91.5. The van der Waals surface area contributed by atoms with Gasteiger partial charge in [0, 0.05) is 146 Å². The number of methoxy groups -OCH3 is 8. The van der Waals surface area contributed by atoms with Crippen molar-refractivity contribution in [3.63, 3.8) is 0 Å². The molecule has 0 atom stereocenters. The van der Waals surface area contributed by atoms with E-state index in [0.29, 0.717) is 135 Å². The smallest absolute Gasteiger partial charge is 0.188 e. The molecule has 8 aromatic rings. The van der Waals surface area contributed by atoms with E-state index in [9.17, 15) is 0 Å². The Kier molecular flexibility index (Phi) is 26.1. The Morgan fingerprint density at radius 2 is 0.292 bits per heavy atom. The van der Waals surface area contributed by atoms with Gasteiger partial charge in [0.2, 0.25) is 0 Å². The highest BCUT2D eigenvalue weighted by Crippen LogP contribution is 2.42. The predicted octanol–water partition coefficient (Wildman–Crippen LogP) is 12.1. The molecule has 1 aliphatic carbocycles. The number of hydrogen-bond donors (Lipinski definition) is 0. The third-order valence-corrected chi connectivity index (χ3v) is 13.6. The maximum absolute atomic E-state index is 6.11. The third kappa shape index (κ3) is 19.2. The first-order chi connectivity index (χ1) is 47.3. The highest BCUT2D eigenvalue weighted by molar-refractivity contribution is 5.82. The minimum Gasteiger partial charge on any atom is -0.467 e. The van der Waals surface area contributed by atoms with E-state index in [2.05, 4.69) is 94.7 Å². The maximum atomic E-state index is 6.11. The van der Waals surface area contributed by atoms with Gasteiger partial charge in [-0.15, -0.1) is 0 Å². The van der Waals surface area contributed by atoms with Crippen LogP contribution in [0.1, 0.15) is 44.5 Å². The van der Waals surface area contributed by atoms with Crippen LogP contribution in [0.4, 0.5) is 0 Å². The van der Waals surface area contributed by atoms with Crippen molar-refractivity contribution in [2.75, 3.05) is 111 Å². The summed E-state index contributed by atoms with van der Waals surface area (Å²) in [6.07, 6.45) is 0. The van der Waals surface area contributed by atoms with E-state index in [4.69, 9.17) is 75.8 Å². The molecule has 16 heteroatoms. The molecule has 16 bridgehead atoms. The molecule has 0 aliphatic heterocycles. The van der Waals surface area contributed by atoms with Gasteiger partial charge in [-0.1, -0.05) is 47.4 Å². The van der Waals surface area contributed by atoms with Gasteiger partial charge in [-0.3, -0.25) is 0 Å². The number of ether oxygens (including phenoxy) is 16. The van der Waals surface area contributed by atoms with Crippen molar-refractivity contribution in [2.45, 2.75) is 0 Å². The standard InChI is InChI=1S/C80H64O16/c1-81-49-89-73-33-25-57-17-9-10-19-59-27-35-75(91-51-83-3)67(43-59)69-45-61(29-37-77(69)93-53-85-5)21-13-14-23-63-31-39-79(95-55-87-7)71(47-63)72-48-64(32-40-80(72)96-56-88-8)24-16-15-22-62-30-38-78(94-54-86-6)70(46-62)68-44-60(28-36-76(68)92-52-84-4)20-12-11-18-58-26-34-74(90-50-82-2)66(42-58)65(73)41-57/h25-48H,49-56H2,1-8H3. The molecule has 0 heterocycles. The molecule has 0 aromatic heterocycles. The van der Waals surface area contributed by atoms with Gasteiger partial charge < -0.3 is 75.8 Å². The van der Waals surface area contributed by atoms with Gasteiger partial charge in [-0.05, 0) is 193 Å². The van der Waals surface area contributed by atoms with Crippen molar-refractivity contribution >= 4 is 0 Å². The molecule has 0 spiro atoms. The average Bonchev–Trinajstić information content (AvgIpc) is 0.837. The van der Waals surface area contributed by atoms with Crippen molar-refractivity contribution in [3.8, 4) is 185 Å². The molecule has 16 nitrogen and oxygen atoms in total. The molecule has 0 amide bonds. The van der Waals surface area contributed by atoms with E-state index in [1.165, 1.54) is 0 Å². The molecule has 0 unspecified atom stereocenters. The lowest BCUT2D eigenvalue weighted by Crippen LogP contribution is -2.03. The zero-order valence-electron chi connectivity index (χ0n) is 54.0. The summed E-state index contributed by atoms with van der Waals surface area (Å²) in [5.41, 5.74) is 10.2. The van der Waals surface area contributed by atoms with E-state index in [-0.39, 0.29) is 54.3 Å². The van der Waals surface area contributed by atoms with Crippen LogP contribution in [0.25, 0.3) is 44.5 Å². The van der Waals surface area contributed by atoms with Crippen LogP contribution in [0, 0.1) is 94.7 Å². The highest BCUT2D eigenvalue weighted by atomic mass is 16.7. The lowest BCUT2D eigenvalue weighted by Gasteiger charge is -2.16. The number of rotatable bonds is 24. The molecule has 96 heavy (non-hydrogen) atoms. The summed E-state index contributed by atoms with van der Waals surface area (Å²) in [5, 5.41) is 0. The monoisotopic (exact) mass is 1280 g/mol. The van der Waals surface area contributed by atoms with Gasteiger partial charge in [0.25, 0.3) is 0 Å². The molecule has 480 valence electrons. The third-order valence-electron chi connectivity index (χ3n) is 13.6. The summed E-state index contributed by atoms with van der Waals surface area (Å²) >= 11 is 0. The molecule has 0 fully saturated rings. The Morgan fingerprint density at radius 1 is 0.177 bits per heavy atom. The molecule has 9 rings (SSSR count). The normalized spacial score (nSPS) is 10.8. The SMILES string of the molecule is COCOc1ccc2cc1-c1cc(ccc1OCOC)C#CC#Cc1ccc(OCOC)c(c1)-c1cc(ccc1OCOC)C#CC#Cc1ccc(OCOC)c(c1)-c1cc(ccc1OCOC)C#CC#Cc1ccc(OCOC)c(c1)-c1cc(ccc1OCOC)C#CC#C2. The van der Waals surface area contributed by atoms with Crippen LogP contribution >= 0.6 is 0 Å². The van der Waals surface area contributed by atoms with Gasteiger partial charge in [-0.2, -0.15) is 0 Å². The van der Waals surface area contributed by atoms with E-state index in [0.717, 1.165) is 0 Å². The summed E-state index contributed by atoms with van der Waals surface area (Å²) in [6.45, 7) is -0.211. The van der Waals surface area contributed by atoms with Crippen LogP contribution in [0.15, 0.2) is 146 Å². The molecule has 0 saturated carbocycles. The van der Waals surface area contributed by atoms with E-state index < -0.39 is 0 Å². The van der Waals surface area contributed by atoms with Crippen LogP contribution in [-0.2, 0) is 37.9 Å². The van der Waals surface area contributed by atoms with E-state index in [1.54, 1.807) is 56.9 Å². The Balaban J connectivity index is 1.21. The fourth-order valence-electron chi connectivity index (χ4n) is 9.36. The Bertz CT molecular complexity index is 3740. The number of hydrogen-bond acceptors (Lipinski definition) is 16. The lowest BCUT2D eigenvalue weighted by atomic mass is 9.98. The Morgan fingerprint density at radius 3 is 0.396 bits per heavy atom. The maximum Gasteiger partial charge on any atom is 0.188 e. The second-order valence-corrected chi connectivity index (χ2v) is 20.1. The van der Waals surface area contributed by atoms with Gasteiger partial charge in [0.15, 0.2) is 54.3 Å². The molecule has 8 aromatic carbocycles. The molecule has 0 saturated heterocycles. The summed E-state index contributed by atoms with van der Waals surface area (Å²) in [4.78, 5) is 0. The minimum absolute atomic E-state index is 0.0264. The molecule has 1 aliphatic rings. The fraction of sp³-hybridized carbons (Fsp3) is 0.200. The van der Waals surface area contributed by atoms with Crippen molar-refractivity contribution in [1.29, 1.82) is 0 Å². The summed E-state index contributed by atoms with van der Waals surface area (Å²) in [5.74, 6) is 53.9.